The number of nitrogens with zero attached hydrogens (tertiary/aromatic N) is 2. The number of hydrogen-bond donors (Lipinski definition) is 0. The second-order valence-electron chi connectivity index (χ2n) is 4.58. The van der Waals surface area contributed by atoms with Crippen LogP contribution >= 0.6 is 11.8 Å². The van der Waals surface area contributed by atoms with Crippen LogP contribution in [0.3, 0.4) is 0 Å². The maximum atomic E-state index is 9.55. The molecule has 0 N–H and O–H groups in total. The topological polar surface area (TPSA) is 27.0 Å². The molecule has 1 aromatic rings. The van der Waals surface area contributed by atoms with E-state index in [4.69, 9.17) is 0 Å². The molecule has 110 valence electrons. The molecule has 0 saturated carbocycles. The molecule has 0 aliphatic rings. The third-order valence-electron chi connectivity index (χ3n) is 3.34. The molecule has 0 radical (unpaired) electrons. The quantitative estimate of drug-likeness (QED) is 0.638. The number of rotatable bonds is 8. The van der Waals surface area contributed by atoms with Gasteiger partial charge in [-0.2, -0.15) is 5.26 Å². The van der Waals surface area contributed by atoms with Crippen molar-refractivity contribution >= 4 is 11.8 Å². The highest BCUT2D eigenvalue weighted by atomic mass is 32.2. The fourth-order valence-corrected chi connectivity index (χ4v) is 2.68. The standard InChI is InChI=1S/C18H22N2S/c1-5-16(15(4)21-7-3)14-20(6-2)18(13-19)17-11-9-8-10-12-17/h5,7-12,18H,1,3,6,14H2,2,4H3/b16-15+/t18-/m0/s1. The van der Waals surface area contributed by atoms with Crippen molar-refractivity contribution in [3.05, 3.63) is 71.0 Å². The van der Waals surface area contributed by atoms with Crippen LogP contribution in [0, 0.1) is 11.3 Å². The van der Waals surface area contributed by atoms with Crippen molar-refractivity contribution in [3.8, 4) is 6.07 Å². The van der Waals surface area contributed by atoms with Gasteiger partial charge in [0.25, 0.3) is 0 Å². The molecule has 0 saturated heterocycles. The van der Waals surface area contributed by atoms with Crippen molar-refractivity contribution in [2.45, 2.75) is 19.9 Å². The van der Waals surface area contributed by atoms with E-state index in [1.54, 1.807) is 11.8 Å². The zero-order valence-electron chi connectivity index (χ0n) is 12.7. The van der Waals surface area contributed by atoms with Gasteiger partial charge in [0.2, 0.25) is 0 Å². The zero-order valence-corrected chi connectivity index (χ0v) is 13.6. The summed E-state index contributed by atoms with van der Waals surface area (Å²) in [6, 6.07) is 12.1. The molecule has 21 heavy (non-hydrogen) atoms. The highest BCUT2D eigenvalue weighted by Crippen LogP contribution is 2.25. The first-order valence-corrected chi connectivity index (χ1v) is 7.84. The average molecular weight is 298 g/mol. The van der Waals surface area contributed by atoms with Gasteiger partial charge in [-0.05, 0) is 34.9 Å². The van der Waals surface area contributed by atoms with Crippen molar-refractivity contribution in [2.24, 2.45) is 0 Å². The normalized spacial score (nSPS) is 13.2. The van der Waals surface area contributed by atoms with Crippen LogP contribution in [0.1, 0.15) is 25.5 Å². The van der Waals surface area contributed by atoms with Crippen LogP contribution in [-0.4, -0.2) is 18.0 Å². The highest BCUT2D eigenvalue weighted by Gasteiger charge is 2.19. The fraction of sp³-hybridized carbons (Fsp3) is 0.278. The molecule has 0 amide bonds. The molecule has 3 heteroatoms. The predicted molar refractivity (Wildman–Crippen MR) is 92.7 cm³/mol. The molecule has 2 nitrogen and oxygen atoms in total. The van der Waals surface area contributed by atoms with E-state index >= 15 is 0 Å². The van der Waals surface area contributed by atoms with Gasteiger partial charge in [0.15, 0.2) is 0 Å². The number of hydrogen-bond acceptors (Lipinski definition) is 3. The summed E-state index contributed by atoms with van der Waals surface area (Å²) >= 11 is 1.59. The molecule has 0 unspecified atom stereocenters. The lowest BCUT2D eigenvalue weighted by molar-refractivity contribution is 0.272. The maximum Gasteiger partial charge on any atom is 0.124 e. The van der Waals surface area contributed by atoms with Gasteiger partial charge in [-0.25, -0.2) is 0 Å². The molecule has 0 heterocycles. The number of allylic oxidation sites excluding steroid dienone is 1. The molecule has 0 bridgehead atoms. The molecular weight excluding hydrogens is 276 g/mol. The van der Waals surface area contributed by atoms with Gasteiger partial charge in [0, 0.05) is 6.54 Å². The molecule has 1 aromatic carbocycles. The average Bonchev–Trinajstić information content (AvgIpc) is 2.52. The second-order valence-corrected chi connectivity index (χ2v) is 5.76. The lowest BCUT2D eigenvalue weighted by atomic mass is 10.1. The highest BCUT2D eigenvalue weighted by molar-refractivity contribution is 8.05. The molecular formula is C18H22N2S. The van der Waals surface area contributed by atoms with Crippen LogP contribution < -0.4 is 0 Å². The van der Waals surface area contributed by atoms with E-state index in [-0.39, 0.29) is 6.04 Å². The van der Waals surface area contributed by atoms with Gasteiger partial charge in [0.05, 0.1) is 6.07 Å². The third-order valence-corrected chi connectivity index (χ3v) is 4.12. The zero-order chi connectivity index (χ0) is 15.7. The Morgan fingerprint density at radius 1 is 1.38 bits per heavy atom. The van der Waals surface area contributed by atoms with Gasteiger partial charge >= 0.3 is 0 Å². The Kier molecular flexibility index (Phi) is 7.60. The van der Waals surface area contributed by atoms with Crippen molar-refractivity contribution in [2.75, 3.05) is 13.1 Å². The largest absolute Gasteiger partial charge is 0.280 e. The van der Waals surface area contributed by atoms with Crippen molar-refractivity contribution < 1.29 is 0 Å². The molecule has 1 rings (SSSR count). The van der Waals surface area contributed by atoms with Crippen LogP contribution in [0.5, 0.6) is 0 Å². The molecule has 0 aliphatic carbocycles. The van der Waals surface area contributed by atoms with E-state index in [1.165, 1.54) is 4.91 Å². The van der Waals surface area contributed by atoms with E-state index in [0.717, 1.165) is 17.7 Å². The summed E-state index contributed by atoms with van der Waals surface area (Å²) in [5.41, 5.74) is 2.16. The van der Waals surface area contributed by atoms with Gasteiger partial charge in [-0.1, -0.05) is 56.5 Å². The lowest BCUT2D eigenvalue weighted by Crippen LogP contribution is -2.29. The van der Waals surface area contributed by atoms with E-state index in [0.29, 0.717) is 6.54 Å². The van der Waals surface area contributed by atoms with Crippen molar-refractivity contribution in [3.63, 3.8) is 0 Å². The minimum atomic E-state index is -0.243. The third kappa shape index (κ3) is 4.93. The molecule has 0 aromatic heterocycles. The van der Waals surface area contributed by atoms with Gasteiger partial charge in [-0.15, -0.1) is 11.8 Å². The predicted octanol–water partition coefficient (Wildman–Crippen LogP) is 4.91. The molecule has 1 atom stereocenters. The Morgan fingerprint density at radius 3 is 2.52 bits per heavy atom. The first kappa shape index (κ1) is 17.3. The van der Waals surface area contributed by atoms with Gasteiger partial charge < -0.3 is 0 Å². The van der Waals surface area contributed by atoms with Crippen molar-refractivity contribution in [1.82, 2.24) is 4.90 Å². The summed E-state index contributed by atoms with van der Waals surface area (Å²) in [5, 5.41) is 11.4. The summed E-state index contributed by atoms with van der Waals surface area (Å²) in [4.78, 5) is 3.32. The summed E-state index contributed by atoms with van der Waals surface area (Å²) in [6.07, 6.45) is 1.87. The Hall–Kier alpha value is -1.76. The fourth-order valence-electron chi connectivity index (χ4n) is 2.13. The summed E-state index contributed by atoms with van der Waals surface area (Å²) in [5.74, 6) is 0. The van der Waals surface area contributed by atoms with E-state index in [9.17, 15) is 5.26 Å². The summed E-state index contributed by atoms with van der Waals surface area (Å²) < 4.78 is 0. The van der Waals surface area contributed by atoms with E-state index in [1.807, 2.05) is 41.8 Å². The van der Waals surface area contributed by atoms with Crippen LogP contribution in [-0.2, 0) is 0 Å². The van der Waals surface area contributed by atoms with Crippen LogP contribution in [0.2, 0.25) is 0 Å². The number of likely N-dealkylation sites (N-methyl/N-ethyl adjacent to an activating group) is 1. The van der Waals surface area contributed by atoms with Crippen LogP contribution in [0.25, 0.3) is 0 Å². The SMILES string of the molecule is C=CS/C(C)=C(\C=C)CN(CC)[C@@H](C#N)c1ccccc1. The first-order valence-electron chi connectivity index (χ1n) is 6.96. The minimum Gasteiger partial charge on any atom is -0.280 e. The Bertz CT molecular complexity index is 540. The Labute approximate surface area is 132 Å². The molecule has 0 aliphatic heterocycles. The number of nitriles is 1. The van der Waals surface area contributed by atoms with Crippen molar-refractivity contribution in [1.29, 1.82) is 5.26 Å². The Morgan fingerprint density at radius 2 is 2.05 bits per heavy atom. The number of thioether (sulfide) groups is 1. The second kappa shape index (κ2) is 9.23. The Balaban J connectivity index is 3.01. The van der Waals surface area contributed by atoms with Gasteiger partial charge in [-0.3, -0.25) is 4.90 Å². The lowest BCUT2D eigenvalue weighted by Gasteiger charge is -2.27. The smallest absolute Gasteiger partial charge is 0.124 e. The monoisotopic (exact) mass is 298 g/mol. The summed E-state index contributed by atoms with van der Waals surface area (Å²) in [7, 11) is 0. The van der Waals surface area contributed by atoms with Crippen LogP contribution in [0.4, 0.5) is 0 Å². The number of benzene rings is 1. The van der Waals surface area contributed by atoms with Crippen LogP contribution in [0.15, 0.2) is 65.5 Å². The minimum absolute atomic E-state index is 0.243. The maximum absolute atomic E-state index is 9.55. The first-order chi connectivity index (χ1) is 10.2. The molecule has 0 fully saturated rings. The van der Waals surface area contributed by atoms with E-state index in [2.05, 4.69) is 38.0 Å². The van der Waals surface area contributed by atoms with E-state index < -0.39 is 0 Å². The molecule has 0 spiro atoms. The van der Waals surface area contributed by atoms with Gasteiger partial charge in [0.1, 0.15) is 6.04 Å². The summed E-state index contributed by atoms with van der Waals surface area (Å²) in [6.45, 7) is 13.3.